The fourth-order valence-electron chi connectivity index (χ4n) is 3.48. The minimum Gasteiger partial charge on any atom is -0.471 e. The van der Waals surface area contributed by atoms with Crippen LogP contribution in [0.4, 0.5) is 5.82 Å². The lowest BCUT2D eigenvalue weighted by Gasteiger charge is -2.19. The summed E-state index contributed by atoms with van der Waals surface area (Å²) in [6, 6.07) is 11.6. The predicted octanol–water partition coefficient (Wildman–Crippen LogP) is 3.89. The average molecular weight is 451 g/mol. The summed E-state index contributed by atoms with van der Waals surface area (Å²) in [6.45, 7) is 2.02. The third kappa shape index (κ3) is 4.62. The van der Waals surface area contributed by atoms with Crippen LogP contribution >= 0.6 is 11.3 Å². The number of nitrogens with one attached hydrogen (secondary N) is 1. The Morgan fingerprint density at radius 2 is 2.03 bits per heavy atom. The number of ether oxygens (including phenoxy) is 2. The Labute approximate surface area is 188 Å². The van der Waals surface area contributed by atoms with E-state index in [1.807, 2.05) is 35.7 Å². The Morgan fingerprint density at radius 3 is 2.78 bits per heavy atom. The number of esters is 1. The molecule has 0 bridgehead atoms. The number of aromatic nitrogens is 3. The Hall–Kier alpha value is -3.72. The number of rotatable bonds is 8. The van der Waals surface area contributed by atoms with Gasteiger partial charge in [0.25, 0.3) is 0 Å². The van der Waals surface area contributed by atoms with Crippen molar-refractivity contribution >= 4 is 33.2 Å². The van der Waals surface area contributed by atoms with E-state index in [4.69, 9.17) is 15.2 Å². The standard InChI is InChI=1S/C23H22N4O4S/c1-2-30-22(28)15-12-26-21(24)19-16(13-32-20(15)19)17(9-8-14-6-4-3-5-7-14)31-18-10-11-25-23(29)27-18/h3-7,10-13,17H,2,8-9H2,1H3,(H2,24,26)(H,25,27,29). The molecule has 0 spiro atoms. The summed E-state index contributed by atoms with van der Waals surface area (Å²) in [5.74, 6) is 0.162. The molecular formula is C23H22N4O4S. The number of carbonyl (C=O) groups is 1. The molecule has 3 heterocycles. The molecule has 0 fully saturated rings. The van der Waals surface area contributed by atoms with Crippen molar-refractivity contribution in [2.45, 2.75) is 25.9 Å². The molecule has 0 amide bonds. The van der Waals surface area contributed by atoms with Gasteiger partial charge in [-0.3, -0.25) is 4.98 Å². The Kier molecular flexibility index (Phi) is 6.46. The van der Waals surface area contributed by atoms with Crippen LogP contribution in [0.2, 0.25) is 0 Å². The van der Waals surface area contributed by atoms with Gasteiger partial charge in [0.15, 0.2) is 5.88 Å². The maximum Gasteiger partial charge on any atom is 0.347 e. The predicted molar refractivity (Wildman–Crippen MR) is 123 cm³/mol. The maximum absolute atomic E-state index is 12.4. The first-order valence-corrected chi connectivity index (χ1v) is 11.0. The number of nitrogen functional groups attached to an aromatic ring is 1. The van der Waals surface area contributed by atoms with Crippen LogP contribution in [0.1, 0.15) is 40.9 Å². The van der Waals surface area contributed by atoms with Crippen LogP contribution in [0.25, 0.3) is 10.1 Å². The number of fused-ring (bicyclic) bond motifs is 1. The quantitative estimate of drug-likeness (QED) is 0.391. The molecule has 0 aliphatic carbocycles. The molecule has 0 radical (unpaired) electrons. The second-order valence-electron chi connectivity index (χ2n) is 7.04. The zero-order chi connectivity index (χ0) is 22.5. The minimum atomic E-state index is -0.495. The number of aromatic amines is 1. The maximum atomic E-state index is 12.4. The second kappa shape index (κ2) is 9.61. The Morgan fingerprint density at radius 1 is 1.22 bits per heavy atom. The molecule has 9 heteroatoms. The van der Waals surface area contributed by atoms with Crippen molar-refractivity contribution in [3.05, 3.63) is 81.3 Å². The van der Waals surface area contributed by atoms with Gasteiger partial charge >= 0.3 is 11.7 Å². The third-order valence-electron chi connectivity index (χ3n) is 4.95. The van der Waals surface area contributed by atoms with E-state index in [0.29, 0.717) is 33.8 Å². The number of carbonyl (C=O) groups excluding carboxylic acids is 1. The van der Waals surface area contributed by atoms with Crippen molar-refractivity contribution in [1.29, 1.82) is 0 Å². The number of pyridine rings is 1. The van der Waals surface area contributed by atoms with E-state index >= 15 is 0 Å². The van der Waals surface area contributed by atoms with Gasteiger partial charge in [0, 0.05) is 29.4 Å². The SMILES string of the molecule is CCOC(=O)c1cnc(N)c2c(C(CCc3ccccc3)Oc3ccnc(=O)[nH]3)csc12. The van der Waals surface area contributed by atoms with Gasteiger partial charge < -0.3 is 15.2 Å². The molecule has 1 unspecified atom stereocenters. The van der Waals surface area contributed by atoms with Crippen molar-refractivity contribution in [3.63, 3.8) is 0 Å². The van der Waals surface area contributed by atoms with E-state index in [2.05, 4.69) is 15.0 Å². The summed E-state index contributed by atoms with van der Waals surface area (Å²) in [5.41, 5.74) is 8.05. The Balaban J connectivity index is 1.74. The van der Waals surface area contributed by atoms with Crippen LogP contribution in [-0.4, -0.2) is 27.5 Å². The van der Waals surface area contributed by atoms with Crippen molar-refractivity contribution in [2.75, 3.05) is 12.3 Å². The van der Waals surface area contributed by atoms with E-state index < -0.39 is 17.8 Å². The molecule has 3 N–H and O–H groups in total. The molecule has 0 saturated carbocycles. The smallest absolute Gasteiger partial charge is 0.347 e. The lowest BCUT2D eigenvalue weighted by Crippen LogP contribution is -2.15. The highest BCUT2D eigenvalue weighted by Gasteiger charge is 2.24. The van der Waals surface area contributed by atoms with Crippen molar-refractivity contribution in [3.8, 4) is 5.88 Å². The summed E-state index contributed by atoms with van der Waals surface area (Å²) in [7, 11) is 0. The van der Waals surface area contributed by atoms with Crippen molar-refractivity contribution in [1.82, 2.24) is 15.0 Å². The summed E-state index contributed by atoms with van der Waals surface area (Å²) in [4.78, 5) is 34.5. The zero-order valence-electron chi connectivity index (χ0n) is 17.4. The third-order valence-corrected chi connectivity index (χ3v) is 5.98. The zero-order valence-corrected chi connectivity index (χ0v) is 18.2. The Bertz CT molecular complexity index is 1290. The van der Waals surface area contributed by atoms with E-state index in [1.54, 1.807) is 13.0 Å². The first kappa shape index (κ1) is 21.5. The number of aryl methyl sites for hydroxylation is 1. The van der Waals surface area contributed by atoms with Crippen molar-refractivity contribution in [2.24, 2.45) is 0 Å². The molecule has 3 aromatic heterocycles. The lowest BCUT2D eigenvalue weighted by molar-refractivity contribution is 0.0528. The monoisotopic (exact) mass is 450 g/mol. The van der Waals surface area contributed by atoms with E-state index in [-0.39, 0.29) is 6.61 Å². The number of thiophene rings is 1. The van der Waals surface area contributed by atoms with Gasteiger partial charge in [-0.1, -0.05) is 30.3 Å². The van der Waals surface area contributed by atoms with E-state index in [9.17, 15) is 9.59 Å². The van der Waals surface area contributed by atoms with E-state index in [0.717, 1.165) is 17.5 Å². The number of benzene rings is 1. The van der Waals surface area contributed by atoms with Crippen LogP contribution in [0.3, 0.4) is 0 Å². The number of nitrogens with two attached hydrogens (primary N) is 1. The first-order chi connectivity index (χ1) is 15.6. The number of anilines is 1. The molecule has 164 valence electrons. The number of hydrogen-bond donors (Lipinski definition) is 2. The summed E-state index contributed by atoms with van der Waals surface area (Å²) < 4.78 is 12.0. The van der Waals surface area contributed by atoms with Gasteiger partial charge in [-0.25, -0.2) is 19.6 Å². The van der Waals surface area contributed by atoms with Gasteiger partial charge in [-0.05, 0) is 30.7 Å². The molecule has 1 atom stereocenters. The number of hydrogen-bond acceptors (Lipinski definition) is 8. The molecule has 1 aromatic carbocycles. The minimum absolute atomic E-state index is 0.265. The molecule has 0 aliphatic rings. The van der Waals surface area contributed by atoms with Crippen LogP contribution in [0.15, 0.2) is 59.0 Å². The molecule has 4 aromatic rings. The van der Waals surface area contributed by atoms with Crippen molar-refractivity contribution < 1.29 is 14.3 Å². The number of nitrogens with zero attached hydrogens (tertiary/aromatic N) is 2. The van der Waals surface area contributed by atoms with Crippen LogP contribution in [0.5, 0.6) is 5.88 Å². The molecular weight excluding hydrogens is 428 g/mol. The summed E-state index contributed by atoms with van der Waals surface area (Å²) in [6.07, 6.45) is 3.74. The second-order valence-corrected chi connectivity index (χ2v) is 7.92. The normalized spacial score (nSPS) is 11.9. The molecule has 32 heavy (non-hydrogen) atoms. The van der Waals surface area contributed by atoms with Crippen LogP contribution in [-0.2, 0) is 11.2 Å². The molecule has 4 rings (SSSR count). The average Bonchev–Trinajstić information content (AvgIpc) is 3.24. The topological polar surface area (TPSA) is 120 Å². The van der Waals surface area contributed by atoms with Gasteiger partial charge in [-0.2, -0.15) is 0 Å². The van der Waals surface area contributed by atoms with Gasteiger partial charge in [0.1, 0.15) is 11.9 Å². The fourth-order valence-corrected chi connectivity index (χ4v) is 4.59. The molecule has 0 aliphatic heterocycles. The van der Waals surface area contributed by atoms with Gasteiger partial charge in [0.2, 0.25) is 0 Å². The van der Waals surface area contributed by atoms with Gasteiger partial charge in [0.05, 0.1) is 16.9 Å². The van der Waals surface area contributed by atoms with Crippen LogP contribution < -0.4 is 16.2 Å². The lowest BCUT2D eigenvalue weighted by atomic mass is 10.00. The molecule has 0 saturated heterocycles. The fraction of sp³-hybridized carbons (Fsp3) is 0.217. The highest BCUT2D eigenvalue weighted by molar-refractivity contribution is 7.17. The number of H-pyrrole nitrogens is 1. The highest BCUT2D eigenvalue weighted by atomic mass is 32.1. The summed E-state index contributed by atoms with van der Waals surface area (Å²) >= 11 is 1.39. The molecule has 8 nitrogen and oxygen atoms in total. The van der Waals surface area contributed by atoms with Crippen LogP contribution in [0, 0.1) is 0 Å². The highest BCUT2D eigenvalue weighted by Crippen LogP contribution is 2.38. The summed E-state index contributed by atoms with van der Waals surface area (Å²) in [5, 5.41) is 2.58. The largest absolute Gasteiger partial charge is 0.471 e. The first-order valence-electron chi connectivity index (χ1n) is 10.2. The van der Waals surface area contributed by atoms with E-state index in [1.165, 1.54) is 23.7 Å². The van der Waals surface area contributed by atoms with Gasteiger partial charge in [-0.15, -0.1) is 11.3 Å².